The molecule has 11 heteroatoms. The summed E-state index contributed by atoms with van der Waals surface area (Å²) in [6.07, 6.45) is 1.14. The highest BCUT2D eigenvalue weighted by Gasteiger charge is 2.46. The van der Waals surface area contributed by atoms with Crippen molar-refractivity contribution in [1.29, 1.82) is 0 Å². The number of ether oxygens (including phenoxy) is 2. The minimum Gasteiger partial charge on any atom is -0.458 e. The van der Waals surface area contributed by atoms with Crippen LogP contribution in [0.1, 0.15) is 66.1 Å². The summed E-state index contributed by atoms with van der Waals surface area (Å²) in [6.45, 7) is 5.10. The first kappa shape index (κ1) is 26.3. The van der Waals surface area contributed by atoms with E-state index in [0.717, 1.165) is 22.1 Å². The predicted octanol–water partition coefficient (Wildman–Crippen LogP) is 3.43. The molecule has 3 aromatic rings. The maximum Gasteiger partial charge on any atom is 0.343 e. The predicted molar refractivity (Wildman–Crippen MR) is 148 cm³/mol. The van der Waals surface area contributed by atoms with Crippen molar-refractivity contribution in [3.8, 4) is 11.4 Å². The molecule has 0 unspecified atom stereocenters. The second-order valence-corrected chi connectivity index (χ2v) is 12.1. The van der Waals surface area contributed by atoms with Crippen molar-refractivity contribution < 1.29 is 28.6 Å². The lowest BCUT2D eigenvalue weighted by Crippen LogP contribution is -2.44. The number of halogens is 2. The molecule has 6 rings (SSSR count). The molecule has 0 spiro atoms. The molecule has 0 bridgehead atoms. The Balaban J connectivity index is 1.57. The molecule has 39 heavy (non-hydrogen) atoms. The Morgan fingerprint density at radius 2 is 2.13 bits per heavy atom. The molecule has 0 radical (unpaired) electrons. The smallest absolute Gasteiger partial charge is 0.343 e. The van der Waals surface area contributed by atoms with Crippen LogP contribution in [-0.4, -0.2) is 37.3 Å². The minimum absolute atomic E-state index is 0.0326. The van der Waals surface area contributed by atoms with Gasteiger partial charge in [-0.2, -0.15) is 0 Å². The number of aromatic nitrogens is 2. The lowest BCUT2D eigenvalue weighted by atomic mass is 9.81. The molecule has 204 valence electrons. The van der Waals surface area contributed by atoms with E-state index in [1.165, 1.54) is 6.07 Å². The van der Waals surface area contributed by atoms with Crippen molar-refractivity contribution in [3.05, 3.63) is 61.7 Å². The second-order valence-electron chi connectivity index (χ2n) is 10.3. The summed E-state index contributed by atoms with van der Waals surface area (Å²) in [6, 6.07) is 2.64. The van der Waals surface area contributed by atoms with Crippen molar-refractivity contribution in [2.45, 2.75) is 68.9 Å². The average Bonchev–Trinajstić information content (AvgIpc) is 3.27. The monoisotopic (exact) mass is 647 g/mol. The number of fused-ring (bicyclic) bond motifs is 5. The van der Waals surface area contributed by atoms with Crippen LogP contribution in [-0.2, 0) is 44.2 Å². The van der Waals surface area contributed by atoms with E-state index in [2.05, 4.69) is 27.9 Å². The van der Waals surface area contributed by atoms with Gasteiger partial charge in [0.25, 0.3) is 5.56 Å². The molecule has 2 N–H and O–H groups in total. The Hall–Kier alpha value is -2.90. The molecule has 0 saturated carbocycles. The Morgan fingerprint density at radius 1 is 1.36 bits per heavy atom. The number of rotatable bonds is 5. The molecule has 3 atom stereocenters. The molecule has 0 fully saturated rings. The number of nitrogens with zero attached hydrogens (tertiary/aromatic N) is 2. The summed E-state index contributed by atoms with van der Waals surface area (Å²) in [5.74, 6) is -1.43. The molecule has 1 aromatic carbocycles. The van der Waals surface area contributed by atoms with Gasteiger partial charge in [-0.3, -0.25) is 9.59 Å². The van der Waals surface area contributed by atoms with Crippen LogP contribution in [0.15, 0.2) is 16.9 Å². The number of nitrogens with one attached hydrogen (secondary N) is 1. The first-order valence-electron chi connectivity index (χ1n) is 12.9. The zero-order valence-corrected chi connectivity index (χ0v) is 23.8. The Kier molecular flexibility index (Phi) is 6.31. The summed E-state index contributed by atoms with van der Waals surface area (Å²) in [5, 5.41) is 15.0. The van der Waals surface area contributed by atoms with Crippen LogP contribution in [0.25, 0.3) is 22.3 Å². The quantitative estimate of drug-likeness (QED) is 0.194. The number of alkyl halides is 1. The number of hydrogen-bond acceptors (Lipinski definition) is 7. The zero-order valence-electron chi connectivity index (χ0n) is 21.7. The molecular weight excluding hydrogens is 620 g/mol. The maximum atomic E-state index is 15.0. The van der Waals surface area contributed by atoms with Gasteiger partial charge in [0.1, 0.15) is 23.1 Å². The summed E-state index contributed by atoms with van der Waals surface area (Å²) >= 11 is 2.08. The molecule has 0 saturated heterocycles. The summed E-state index contributed by atoms with van der Waals surface area (Å²) in [5.41, 5.74) is 2.43. The standard InChI is InChI=1S/C28H27FIN3O6/c1-4-28(37)17-7-21-25-15(9-33(21)26(35)16(17)10-39-27(28)36)24-19(31-22(34)11-38-13(3)30)6-5-14-12(2)18(29)8-20(32-25)23(14)24/h7-8,13,19,37H,4-6,9-11H2,1-3H3,(H,31,34)/t13-,19-,28-/m0/s1. The second kappa shape index (κ2) is 9.34. The van der Waals surface area contributed by atoms with Gasteiger partial charge in [-0.1, -0.05) is 29.5 Å². The van der Waals surface area contributed by atoms with Crippen molar-refractivity contribution in [2.75, 3.05) is 6.61 Å². The van der Waals surface area contributed by atoms with Crippen LogP contribution in [0.5, 0.6) is 0 Å². The number of carbonyl (C=O) groups excluding carboxylic acids is 2. The Labute approximate surface area is 236 Å². The van der Waals surface area contributed by atoms with E-state index < -0.39 is 11.6 Å². The third-order valence-corrected chi connectivity index (χ3v) is 8.52. The number of hydrogen-bond donors (Lipinski definition) is 2. The van der Waals surface area contributed by atoms with E-state index in [1.54, 1.807) is 24.5 Å². The van der Waals surface area contributed by atoms with Crippen molar-refractivity contribution in [3.63, 3.8) is 0 Å². The van der Waals surface area contributed by atoms with Gasteiger partial charge in [0.05, 0.1) is 35.1 Å². The van der Waals surface area contributed by atoms with Gasteiger partial charge in [0.2, 0.25) is 5.91 Å². The lowest BCUT2D eigenvalue weighted by Gasteiger charge is -2.31. The van der Waals surface area contributed by atoms with Crippen LogP contribution >= 0.6 is 22.6 Å². The van der Waals surface area contributed by atoms with Crippen LogP contribution in [0.2, 0.25) is 0 Å². The molecule has 3 aliphatic rings. The fourth-order valence-electron chi connectivity index (χ4n) is 6.13. The van der Waals surface area contributed by atoms with E-state index in [0.29, 0.717) is 35.3 Å². The molecular formula is C28H27FIN3O6. The number of carbonyl (C=O) groups is 2. The van der Waals surface area contributed by atoms with Crippen LogP contribution in [0.3, 0.4) is 0 Å². The Bertz CT molecular complexity index is 1650. The number of amides is 1. The van der Waals surface area contributed by atoms with Gasteiger partial charge in [0, 0.05) is 22.6 Å². The summed E-state index contributed by atoms with van der Waals surface area (Å²) in [7, 11) is 0. The normalized spacial score (nSPS) is 21.7. The van der Waals surface area contributed by atoms with Gasteiger partial charge in [0.15, 0.2) is 5.60 Å². The van der Waals surface area contributed by atoms with Crippen molar-refractivity contribution >= 4 is 45.4 Å². The number of aryl methyl sites for hydroxylation is 1. The molecule has 2 aliphatic heterocycles. The van der Waals surface area contributed by atoms with Crippen LogP contribution < -0.4 is 10.9 Å². The number of benzene rings is 1. The number of cyclic esters (lactones) is 1. The van der Waals surface area contributed by atoms with E-state index >= 15 is 0 Å². The van der Waals surface area contributed by atoms with E-state index in [4.69, 9.17) is 14.5 Å². The fraction of sp³-hybridized carbons (Fsp3) is 0.429. The minimum atomic E-state index is -1.95. The van der Waals surface area contributed by atoms with Crippen molar-refractivity contribution in [1.82, 2.24) is 14.9 Å². The fourth-order valence-corrected chi connectivity index (χ4v) is 6.31. The van der Waals surface area contributed by atoms with Gasteiger partial charge >= 0.3 is 5.97 Å². The highest BCUT2D eigenvalue weighted by atomic mass is 127. The maximum absolute atomic E-state index is 15.0. The largest absolute Gasteiger partial charge is 0.458 e. The molecule has 4 heterocycles. The molecule has 1 amide bonds. The first-order valence-corrected chi connectivity index (χ1v) is 14.2. The lowest BCUT2D eigenvalue weighted by molar-refractivity contribution is -0.172. The summed E-state index contributed by atoms with van der Waals surface area (Å²) < 4.78 is 27.1. The first-order chi connectivity index (χ1) is 18.5. The SMILES string of the molecule is CC[C@@]1(O)C(=O)OCc2c1cc1n(c2=O)Cc2c-1nc1cc(F)c(C)c3c1c2[C@@H](NC(=O)CO[C@@H](C)I)CC3. The zero-order chi connectivity index (χ0) is 27.8. The van der Waals surface area contributed by atoms with Gasteiger partial charge in [-0.15, -0.1) is 0 Å². The number of aliphatic hydroxyl groups is 1. The van der Waals surface area contributed by atoms with Gasteiger partial charge < -0.3 is 24.5 Å². The number of pyridine rings is 2. The third-order valence-electron chi connectivity index (χ3n) is 8.16. The van der Waals surface area contributed by atoms with Crippen molar-refractivity contribution in [2.24, 2.45) is 0 Å². The third kappa shape index (κ3) is 3.92. The highest BCUT2D eigenvalue weighted by molar-refractivity contribution is 14.1. The molecule has 9 nitrogen and oxygen atoms in total. The van der Waals surface area contributed by atoms with Gasteiger partial charge in [-0.05, 0) is 55.9 Å². The van der Waals surface area contributed by atoms with Gasteiger partial charge in [-0.25, -0.2) is 14.2 Å². The van der Waals surface area contributed by atoms with E-state index in [-0.39, 0.29) is 64.7 Å². The van der Waals surface area contributed by atoms with Crippen LogP contribution in [0.4, 0.5) is 4.39 Å². The number of esters is 1. The molecule has 2 aromatic heterocycles. The highest BCUT2D eigenvalue weighted by Crippen LogP contribution is 2.45. The Morgan fingerprint density at radius 3 is 2.85 bits per heavy atom. The van der Waals surface area contributed by atoms with E-state index in [9.17, 15) is 23.9 Å². The topological polar surface area (TPSA) is 120 Å². The van der Waals surface area contributed by atoms with Crippen LogP contribution in [0, 0.1) is 12.7 Å². The van der Waals surface area contributed by atoms with E-state index in [1.807, 2.05) is 6.92 Å². The average molecular weight is 647 g/mol. The summed E-state index contributed by atoms with van der Waals surface area (Å²) in [4.78, 5) is 43.8. The molecule has 1 aliphatic carbocycles.